The van der Waals surface area contributed by atoms with Gasteiger partial charge < -0.3 is 15.2 Å². The van der Waals surface area contributed by atoms with Crippen molar-refractivity contribution in [1.82, 2.24) is 15.0 Å². The van der Waals surface area contributed by atoms with E-state index >= 15 is 0 Å². The van der Waals surface area contributed by atoms with Crippen molar-refractivity contribution in [1.29, 1.82) is 0 Å². The second-order valence-corrected chi connectivity index (χ2v) is 8.22. The van der Waals surface area contributed by atoms with Crippen LogP contribution in [0.4, 0.5) is 23.2 Å². The zero-order chi connectivity index (χ0) is 26.6. The van der Waals surface area contributed by atoms with E-state index < -0.39 is 18.8 Å². The third kappa shape index (κ3) is 6.03. The summed E-state index contributed by atoms with van der Waals surface area (Å²) in [5, 5.41) is 13.5. The molecule has 0 aliphatic rings. The van der Waals surface area contributed by atoms with Crippen LogP contribution in [0, 0.1) is 6.92 Å². The lowest BCUT2D eigenvalue weighted by Gasteiger charge is -2.19. The number of rotatable bonds is 9. The SMILES string of the molecule is CCC(F)(F)c1cccc(NC(O)c2cnc(-c3ccc(OC(F)F)c(-c4ccccn4)c3)nc2C)c1. The van der Waals surface area contributed by atoms with E-state index in [1.54, 1.807) is 43.3 Å². The van der Waals surface area contributed by atoms with E-state index in [9.17, 15) is 22.7 Å². The Labute approximate surface area is 211 Å². The molecule has 2 heterocycles. The number of aryl methyl sites for hydroxylation is 1. The summed E-state index contributed by atoms with van der Waals surface area (Å²) in [4.78, 5) is 13.0. The van der Waals surface area contributed by atoms with E-state index in [2.05, 4.69) is 25.0 Å². The molecule has 1 unspecified atom stereocenters. The van der Waals surface area contributed by atoms with Crippen LogP contribution in [0.5, 0.6) is 5.75 Å². The molecule has 10 heteroatoms. The number of alkyl halides is 4. The highest BCUT2D eigenvalue weighted by molar-refractivity contribution is 5.73. The first kappa shape index (κ1) is 26.0. The predicted octanol–water partition coefficient (Wildman–Crippen LogP) is 6.72. The molecule has 2 N–H and O–H groups in total. The molecule has 0 aliphatic carbocycles. The minimum Gasteiger partial charge on any atom is -0.434 e. The molecule has 2 aromatic heterocycles. The molecule has 2 aromatic carbocycles. The second kappa shape index (κ2) is 10.9. The Balaban J connectivity index is 1.61. The van der Waals surface area contributed by atoms with Gasteiger partial charge in [0.1, 0.15) is 5.75 Å². The van der Waals surface area contributed by atoms with Gasteiger partial charge in [-0.15, -0.1) is 0 Å². The molecule has 0 spiro atoms. The molecular weight excluding hydrogens is 488 g/mol. The number of aromatic nitrogens is 3. The summed E-state index contributed by atoms with van der Waals surface area (Å²) in [7, 11) is 0. The molecule has 0 saturated heterocycles. The average Bonchev–Trinajstić information content (AvgIpc) is 2.89. The number of anilines is 1. The van der Waals surface area contributed by atoms with Crippen molar-refractivity contribution in [2.24, 2.45) is 0 Å². The van der Waals surface area contributed by atoms with Crippen molar-refractivity contribution >= 4 is 5.69 Å². The van der Waals surface area contributed by atoms with Crippen LogP contribution in [0.25, 0.3) is 22.6 Å². The van der Waals surface area contributed by atoms with Crippen molar-refractivity contribution in [3.8, 4) is 28.4 Å². The molecule has 0 bridgehead atoms. The maximum atomic E-state index is 14.1. The minimum absolute atomic E-state index is 0.0405. The molecule has 0 aliphatic heterocycles. The Bertz CT molecular complexity index is 1370. The molecule has 6 nitrogen and oxygen atoms in total. The summed E-state index contributed by atoms with van der Waals surface area (Å²) in [6.45, 7) is 0.0608. The van der Waals surface area contributed by atoms with Crippen LogP contribution in [-0.4, -0.2) is 26.7 Å². The van der Waals surface area contributed by atoms with Crippen molar-refractivity contribution in [3.63, 3.8) is 0 Å². The van der Waals surface area contributed by atoms with Gasteiger partial charge in [0.05, 0.1) is 5.69 Å². The minimum atomic E-state index is -3.01. The van der Waals surface area contributed by atoms with Crippen LogP contribution in [0.1, 0.15) is 36.4 Å². The topological polar surface area (TPSA) is 80.2 Å². The first-order chi connectivity index (χ1) is 17.7. The third-order valence-corrected chi connectivity index (χ3v) is 5.74. The Kier molecular flexibility index (Phi) is 7.68. The number of aliphatic hydroxyl groups excluding tert-OH is 1. The van der Waals surface area contributed by atoms with E-state index in [-0.39, 0.29) is 17.7 Å². The molecule has 0 saturated carbocycles. The Morgan fingerprint density at radius 3 is 2.51 bits per heavy atom. The van der Waals surface area contributed by atoms with Crippen molar-refractivity contribution in [3.05, 3.63) is 89.9 Å². The number of pyridine rings is 1. The van der Waals surface area contributed by atoms with Crippen LogP contribution in [-0.2, 0) is 5.92 Å². The van der Waals surface area contributed by atoms with Crippen molar-refractivity contribution in [2.45, 2.75) is 39.0 Å². The van der Waals surface area contributed by atoms with Crippen molar-refractivity contribution in [2.75, 3.05) is 5.32 Å². The summed E-state index contributed by atoms with van der Waals surface area (Å²) >= 11 is 0. The van der Waals surface area contributed by atoms with Gasteiger partial charge in [-0.3, -0.25) is 4.98 Å². The van der Waals surface area contributed by atoms with E-state index in [1.165, 1.54) is 43.6 Å². The Morgan fingerprint density at radius 1 is 1.03 bits per heavy atom. The Hall–Kier alpha value is -4.05. The second-order valence-electron chi connectivity index (χ2n) is 8.22. The number of nitrogens with one attached hydrogen (secondary N) is 1. The molecule has 0 radical (unpaired) electrons. The molecular formula is C27H24F4N4O2. The largest absolute Gasteiger partial charge is 0.434 e. The zero-order valence-corrected chi connectivity index (χ0v) is 20.0. The van der Waals surface area contributed by atoms with Crippen LogP contribution in [0.3, 0.4) is 0 Å². The smallest absolute Gasteiger partial charge is 0.387 e. The van der Waals surface area contributed by atoms with Crippen LogP contribution in [0.2, 0.25) is 0 Å². The predicted molar refractivity (Wildman–Crippen MR) is 131 cm³/mol. The number of ether oxygens (including phenoxy) is 1. The zero-order valence-electron chi connectivity index (χ0n) is 20.0. The molecule has 192 valence electrons. The van der Waals surface area contributed by atoms with Crippen LogP contribution >= 0.6 is 0 Å². The number of halogens is 4. The fraction of sp³-hybridized carbons (Fsp3) is 0.222. The monoisotopic (exact) mass is 512 g/mol. The number of hydrogen-bond acceptors (Lipinski definition) is 6. The summed E-state index contributed by atoms with van der Waals surface area (Å²) in [6.07, 6.45) is 1.36. The highest BCUT2D eigenvalue weighted by Crippen LogP contribution is 2.35. The van der Waals surface area contributed by atoms with Crippen LogP contribution < -0.4 is 10.1 Å². The maximum absolute atomic E-state index is 14.1. The molecule has 1 atom stereocenters. The van der Waals surface area contributed by atoms with E-state index in [0.717, 1.165) is 0 Å². The lowest BCUT2D eigenvalue weighted by Crippen LogP contribution is -2.15. The van der Waals surface area contributed by atoms with Gasteiger partial charge in [-0.2, -0.15) is 8.78 Å². The van der Waals surface area contributed by atoms with E-state index in [1.807, 2.05) is 0 Å². The number of hydrogen-bond donors (Lipinski definition) is 2. The van der Waals surface area contributed by atoms with E-state index in [0.29, 0.717) is 39.6 Å². The van der Waals surface area contributed by atoms with Crippen LogP contribution in [0.15, 0.2) is 73.1 Å². The summed E-state index contributed by atoms with van der Waals surface area (Å²) in [6, 6.07) is 15.3. The normalized spacial score (nSPS) is 12.4. The standard InChI is InChI=1S/C27H24F4N4O2/c1-3-27(30,31)18-7-6-8-19(14-18)35-25(36)21-15-33-24(34-16(21)2)17-10-11-23(37-26(28)29)20(13-17)22-9-4-5-12-32-22/h4-15,25-26,35-36H,3H2,1-2H3. The number of nitrogens with zero attached hydrogens (tertiary/aromatic N) is 3. The van der Waals surface area contributed by atoms with Gasteiger partial charge in [0.25, 0.3) is 5.92 Å². The Morgan fingerprint density at radius 2 is 1.84 bits per heavy atom. The van der Waals surface area contributed by atoms with Gasteiger partial charge in [-0.05, 0) is 49.4 Å². The molecule has 4 rings (SSSR count). The highest BCUT2D eigenvalue weighted by atomic mass is 19.3. The van der Waals surface area contributed by atoms with Gasteiger partial charge in [0, 0.05) is 52.4 Å². The highest BCUT2D eigenvalue weighted by Gasteiger charge is 2.29. The molecule has 0 amide bonds. The molecule has 0 fully saturated rings. The fourth-order valence-electron chi connectivity index (χ4n) is 3.75. The summed E-state index contributed by atoms with van der Waals surface area (Å²) in [5.41, 5.74) is 2.24. The lowest BCUT2D eigenvalue weighted by atomic mass is 10.0. The third-order valence-electron chi connectivity index (χ3n) is 5.74. The van der Waals surface area contributed by atoms with Gasteiger partial charge >= 0.3 is 6.61 Å². The summed E-state index contributed by atoms with van der Waals surface area (Å²) < 4.78 is 58.6. The lowest BCUT2D eigenvalue weighted by molar-refractivity contribution is -0.0494. The average molecular weight is 513 g/mol. The quantitative estimate of drug-likeness (QED) is 0.191. The van der Waals surface area contributed by atoms with Crippen molar-refractivity contribution < 1.29 is 27.4 Å². The van der Waals surface area contributed by atoms with Gasteiger partial charge in [0.2, 0.25) is 0 Å². The first-order valence-corrected chi connectivity index (χ1v) is 11.4. The van der Waals surface area contributed by atoms with E-state index in [4.69, 9.17) is 0 Å². The van der Waals surface area contributed by atoms with Gasteiger partial charge in [-0.25, -0.2) is 18.7 Å². The fourth-order valence-corrected chi connectivity index (χ4v) is 3.75. The van der Waals surface area contributed by atoms with Gasteiger partial charge in [-0.1, -0.05) is 25.1 Å². The number of aliphatic hydroxyl groups is 1. The number of benzene rings is 2. The molecule has 4 aromatic rings. The van der Waals surface area contributed by atoms with Gasteiger partial charge in [0.15, 0.2) is 12.1 Å². The maximum Gasteiger partial charge on any atom is 0.387 e. The first-order valence-electron chi connectivity index (χ1n) is 11.4. The molecule has 37 heavy (non-hydrogen) atoms. The summed E-state index contributed by atoms with van der Waals surface area (Å²) in [5.74, 6) is -2.73.